The highest BCUT2D eigenvalue weighted by Crippen LogP contribution is 2.17. The molecule has 0 bridgehead atoms. The van der Waals surface area contributed by atoms with E-state index < -0.39 is 11.6 Å². The molecule has 0 fully saturated rings. The molecular weight excluding hydrogens is 328 g/mol. The molecule has 0 aromatic rings. The van der Waals surface area contributed by atoms with Gasteiger partial charge in [-0.3, -0.25) is 4.79 Å². The first kappa shape index (κ1) is 26.4. The zero-order chi connectivity index (χ0) is 20.8. The van der Waals surface area contributed by atoms with Gasteiger partial charge in [-0.05, 0) is 64.7 Å². The summed E-state index contributed by atoms with van der Waals surface area (Å²) >= 11 is 0. The van der Waals surface area contributed by atoms with Crippen LogP contribution in [0.5, 0.6) is 0 Å². The zero-order valence-corrected chi connectivity index (χ0v) is 18.0. The molecule has 0 aliphatic carbocycles. The van der Waals surface area contributed by atoms with Gasteiger partial charge in [0.1, 0.15) is 17.1 Å². The smallest absolute Gasteiger partial charge is 0.344 e. The summed E-state index contributed by atoms with van der Waals surface area (Å²) in [4.78, 5) is 23.1. The quantitative estimate of drug-likeness (QED) is 0.279. The van der Waals surface area contributed by atoms with Gasteiger partial charge in [-0.25, -0.2) is 4.79 Å². The second kappa shape index (κ2) is 14.3. The summed E-state index contributed by atoms with van der Waals surface area (Å²) in [6.07, 6.45) is 7.82. The Kier molecular flexibility index (Phi) is 14.6. The fourth-order valence-electron chi connectivity index (χ4n) is 1.88. The summed E-state index contributed by atoms with van der Waals surface area (Å²) in [5, 5.41) is 0. The molecule has 0 heterocycles. The first-order valence-electron chi connectivity index (χ1n) is 9.47. The molecule has 1 atom stereocenters. The Bertz CT molecular complexity index is 493. The molecule has 4 heteroatoms. The highest BCUT2D eigenvalue weighted by atomic mass is 16.6. The van der Waals surface area contributed by atoms with Crippen LogP contribution >= 0.6 is 0 Å². The number of rotatable bonds is 10. The van der Waals surface area contributed by atoms with Crippen molar-refractivity contribution in [2.45, 2.75) is 80.3 Å². The molecule has 0 aromatic carbocycles. The summed E-state index contributed by atoms with van der Waals surface area (Å²) in [7, 11) is 0. The predicted molar refractivity (Wildman–Crippen MR) is 109 cm³/mol. The Morgan fingerprint density at radius 1 is 1.19 bits per heavy atom. The largest absolute Gasteiger partial charge is 0.482 e. The van der Waals surface area contributed by atoms with Crippen molar-refractivity contribution in [2.75, 3.05) is 6.61 Å². The molecule has 0 amide bonds. The summed E-state index contributed by atoms with van der Waals surface area (Å²) in [5.74, 6) is 0.426. The lowest BCUT2D eigenvalue weighted by atomic mass is 9.97. The molecule has 26 heavy (non-hydrogen) atoms. The summed E-state index contributed by atoms with van der Waals surface area (Å²) < 4.78 is 10.8. The van der Waals surface area contributed by atoms with Crippen molar-refractivity contribution in [3.63, 3.8) is 0 Å². The monoisotopic (exact) mass is 366 g/mol. The number of allylic oxidation sites excluding steroid dienone is 4. The van der Waals surface area contributed by atoms with Crippen LogP contribution in [0.3, 0.4) is 0 Å². The first-order valence-corrected chi connectivity index (χ1v) is 9.47. The van der Waals surface area contributed by atoms with Gasteiger partial charge in [0.15, 0.2) is 6.61 Å². The van der Waals surface area contributed by atoms with Gasteiger partial charge in [0.05, 0.1) is 0 Å². The minimum Gasteiger partial charge on any atom is -0.482 e. The Hall–Kier alpha value is -1.84. The summed E-state index contributed by atoms with van der Waals surface area (Å²) in [6.45, 7) is 18.7. The maximum Gasteiger partial charge on any atom is 0.344 e. The molecular formula is C22H38O4. The third-order valence-corrected chi connectivity index (χ3v) is 3.33. The van der Waals surface area contributed by atoms with E-state index >= 15 is 0 Å². The number of hydrogen-bond donors (Lipinski definition) is 0. The molecule has 1 unspecified atom stereocenters. The van der Waals surface area contributed by atoms with Crippen molar-refractivity contribution in [2.24, 2.45) is 5.92 Å². The number of hydrogen-bond acceptors (Lipinski definition) is 4. The zero-order valence-electron chi connectivity index (χ0n) is 18.0. The molecule has 0 saturated carbocycles. The van der Waals surface area contributed by atoms with E-state index in [1.165, 1.54) is 0 Å². The molecule has 0 aliphatic heterocycles. The van der Waals surface area contributed by atoms with Crippen molar-refractivity contribution in [3.8, 4) is 0 Å². The van der Waals surface area contributed by atoms with Gasteiger partial charge in [-0.15, -0.1) is 0 Å². The summed E-state index contributed by atoms with van der Waals surface area (Å²) in [5.41, 5.74) is 0.451. The number of ether oxygens (including phenoxy) is 2. The maximum absolute atomic E-state index is 11.8. The van der Waals surface area contributed by atoms with E-state index in [1.54, 1.807) is 13.0 Å². The van der Waals surface area contributed by atoms with E-state index in [2.05, 4.69) is 6.58 Å². The van der Waals surface area contributed by atoms with Crippen LogP contribution in [-0.2, 0) is 19.1 Å². The highest BCUT2D eigenvalue weighted by Gasteiger charge is 2.16. The Labute approximate surface area is 160 Å². The van der Waals surface area contributed by atoms with Crippen LogP contribution in [-0.4, -0.2) is 24.0 Å². The third-order valence-electron chi connectivity index (χ3n) is 3.33. The van der Waals surface area contributed by atoms with Gasteiger partial charge in [0.2, 0.25) is 0 Å². The van der Waals surface area contributed by atoms with Crippen LogP contribution < -0.4 is 0 Å². The first-order chi connectivity index (χ1) is 12.1. The Morgan fingerprint density at radius 3 is 2.19 bits per heavy atom. The van der Waals surface area contributed by atoms with Gasteiger partial charge in [-0.2, -0.15) is 0 Å². The molecule has 0 aromatic heterocycles. The average molecular weight is 367 g/mol. The normalized spacial score (nSPS) is 13.2. The molecule has 0 saturated heterocycles. The SMILES string of the molecule is C=C/C(=C\C(=C/CC)OCC(=O)OC(C)(C)C)CCC(C)C(C)=O.CC. The molecule has 0 N–H and O–H groups in total. The average Bonchev–Trinajstić information content (AvgIpc) is 2.56. The molecule has 0 spiro atoms. The topological polar surface area (TPSA) is 52.6 Å². The van der Waals surface area contributed by atoms with Crippen molar-refractivity contribution in [1.29, 1.82) is 0 Å². The van der Waals surface area contributed by atoms with Crippen LogP contribution in [0.4, 0.5) is 0 Å². The lowest BCUT2D eigenvalue weighted by Crippen LogP contribution is -2.26. The van der Waals surface area contributed by atoms with Gasteiger partial charge in [0, 0.05) is 5.92 Å². The number of carbonyl (C=O) groups excluding carboxylic acids is 2. The van der Waals surface area contributed by atoms with Gasteiger partial charge in [-0.1, -0.05) is 40.3 Å². The lowest BCUT2D eigenvalue weighted by Gasteiger charge is -2.19. The Balaban J connectivity index is 0. The molecule has 0 aliphatic rings. The van der Waals surface area contributed by atoms with Crippen LogP contribution in [0.25, 0.3) is 0 Å². The number of esters is 1. The lowest BCUT2D eigenvalue weighted by molar-refractivity contribution is -0.158. The fraction of sp³-hybridized carbons (Fsp3) is 0.636. The third kappa shape index (κ3) is 14.5. The van der Waals surface area contributed by atoms with Crippen molar-refractivity contribution in [3.05, 3.63) is 36.1 Å². The molecule has 0 radical (unpaired) electrons. The minimum atomic E-state index is -0.528. The fourth-order valence-corrected chi connectivity index (χ4v) is 1.88. The molecule has 150 valence electrons. The molecule has 0 rings (SSSR count). The number of carbonyl (C=O) groups is 2. The second-order valence-corrected chi connectivity index (χ2v) is 6.86. The van der Waals surface area contributed by atoms with E-state index in [1.807, 2.05) is 60.6 Å². The molecule has 4 nitrogen and oxygen atoms in total. The predicted octanol–water partition coefficient (Wildman–Crippen LogP) is 5.78. The van der Waals surface area contributed by atoms with Crippen LogP contribution in [0, 0.1) is 5.92 Å². The van der Waals surface area contributed by atoms with Gasteiger partial charge < -0.3 is 9.47 Å². The van der Waals surface area contributed by atoms with E-state index in [0.717, 1.165) is 24.8 Å². The highest BCUT2D eigenvalue weighted by molar-refractivity contribution is 5.77. The van der Waals surface area contributed by atoms with Crippen molar-refractivity contribution in [1.82, 2.24) is 0 Å². The number of Topliss-reactive ketones (excluding diaryl/α,β-unsaturated/α-hetero) is 1. The summed E-state index contributed by atoms with van der Waals surface area (Å²) in [6, 6.07) is 0. The van der Waals surface area contributed by atoms with E-state index in [0.29, 0.717) is 5.76 Å². The van der Waals surface area contributed by atoms with Gasteiger partial charge >= 0.3 is 5.97 Å². The van der Waals surface area contributed by atoms with Crippen LogP contribution in [0.2, 0.25) is 0 Å². The second-order valence-electron chi connectivity index (χ2n) is 6.86. The maximum atomic E-state index is 11.8. The standard InChI is InChI=1S/C20H32O4.C2H6/c1-8-10-18(23-14-19(22)24-20(5,6)7)13-17(9-2)12-11-15(3)16(4)21;1-2/h9-10,13,15H,2,8,11-12,14H2,1,3-7H3;1-2H3/b17-13+,18-10+;. The minimum absolute atomic E-state index is 0.0228. The number of ketones is 1. The van der Waals surface area contributed by atoms with E-state index in [-0.39, 0.29) is 18.3 Å². The van der Waals surface area contributed by atoms with E-state index in [9.17, 15) is 9.59 Å². The van der Waals surface area contributed by atoms with E-state index in [4.69, 9.17) is 9.47 Å². The van der Waals surface area contributed by atoms with Gasteiger partial charge in [0.25, 0.3) is 0 Å². The van der Waals surface area contributed by atoms with Crippen molar-refractivity contribution >= 4 is 11.8 Å². The van der Waals surface area contributed by atoms with Crippen LogP contribution in [0.1, 0.15) is 74.7 Å². The Morgan fingerprint density at radius 2 is 1.77 bits per heavy atom. The van der Waals surface area contributed by atoms with Crippen molar-refractivity contribution < 1.29 is 19.1 Å². The van der Waals surface area contributed by atoms with Crippen LogP contribution in [0.15, 0.2) is 36.1 Å².